The fourth-order valence-corrected chi connectivity index (χ4v) is 2.69. The summed E-state index contributed by atoms with van der Waals surface area (Å²) in [6.07, 6.45) is -0.648. The van der Waals surface area contributed by atoms with Crippen molar-refractivity contribution in [2.45, 2.75) is 20.0 Å². The van der Waals surface area contributed by atoms with Crippen LogP contribution in [-0.2, 0) is 4.79 Å². The maximum Gasteiger partial charge on any atom is 0.265 e. The molecule has 0 fully saturated rings. The van der Waals surface area contributed by atoms with Gasteiger partial charge >= 0.3 is 0 Å². The van der Waals surface area contributed by atoms with E-state index in [1.165, 1.54) is 0 Å². The van der Waals surface area contributed by atoms with Gasteiger partial charge in [-0.1, -0.05) is 29.8 Å². The number of rotatable bonds is 6. The predicted molar refractivity (Wildman–Crippen MR) is 108 cm³/mol. The van der Waals surface area contributed by atoms with Gasteiger partial charge in [0.15, 0.2) is 6.10 Å². The lowest BCUT2D eigenvalue weighted by Gasteiger charge is -2.16. The van der Waals surface area contributed by atoms with Gasteiger partial charge in [-0.3, -0.25) is 4.79 Å². The molecule has 0 heterocycles. The van der Waals surface area contributed by atoms with Crippen molar-refractivity contribution in [1.82, 2.24) is 0 Å². The Hall–Kier alpha value is -2.98. The quantitative estimate of drug-likeness (QED) is 0.582. The normalized spacial score (nSPS) is 11.5. The SMILES string of the molecule is Cc1cc(Cl)ccc1OC(C)C(=O)Nc1ccc(Oc2ccccc2)cc1. The Morgan fingerprint density at radius 3 is 2.30 bits per heavy atom. The van der Waals surface area contributed by atoms with Gasteiger partial charge in [-0.25, -0.2) is 0 Å². The van der Waals surface area contributed by atoms with Crippen LogP contribution in [0.1, 0.15) is 12.5 Å². The third-order valence-electron chi connectivity index (χ3n) is 3.91. The number of amides is 1. The summed E-state index contributed by atoms with van der Waals surface area (Å²) in [6, 6.07) is 22.0. The van der Waals surface area contributed by atoms with E-state index in [0.717, 1.165) is 11.3 Å². The zero-order valence-corrected chi connectivity index (χ0v) is 15.9. The number of halogens is 1. The number of benzene rings is 3. The number of anilines is 1. The molecule has 1 atom stereocenters. The lowest BCUT2D eigenvalue weighted by atomic mass is 10.2. The van der Waals surface area contributed by atoms with Gasteiger partial charge in [0, 0.05) is 10.7 Å². The number of para-hydroxylation sites is 1. The summed E-state index contributed by atoms with van der Waals surface area (Å²) in [7, 11) is 0. The molecule has 4 nitrogen and oxygen atoms in total. The average molecular weight is 382 g/mol. The van der Waals surface area contributed by atoms with Crippen LogP contribution in [0.15, 0.2) is 72.8 Å². The minimum Gasteiger partial charge on any atom is -0.481 e. The molecule has 0 spiro atoms. The molecule has 27 heavy (non-hydrogen) atoms. The van der Waals surface area contributed by atoms with Crippen molar-refractivity contribution in [2.24, 2.45) is 0 Å². The molecule has 0 saturated carbocycles. The summed E-state index contributed by atoms with van der Waals surface area (Å²) >= 11 is 5.94. The van der Waals surface area contributed by atoms with E-state index in [1.807, 2.05) is 37.3 Å². The van der Waals surface area contributed by atoms with E-state index in [1.54, 1.807) is 49.4 Å². The monoisotopic (exact) mass is 381 g/mol. The maximum atomic E-state index is 12.4. The van der Waals surface area contributed by atoms with Crippen LogP contribution in [0.2, 0.25) is 5.02 Å². The van der Waals surface area contributed by atoms with Crippen molar-refractivity contribution >= 4 is 23.2 Å². The Morgan fingerprint density at radius 2 is 1.63 bits per heavy atom. The van der Waals surface area contributed by atoms with E-state index >= 15 is 0 Å². The van der Waals surface area contributed by atoms with E-state index in [4.69, 9.17) is 21.1 Å². The van der Waals surface area contributed by atoms with Gasteiger partial charge in [0.25, 0.3) is 5.91 Å². The van der Waals surface area contributed by atoms with Gasteiger partial charge in [-0.15, -0.1) is 0 Å². The first-order valence-electron chi connectivity index (χ1n) is 8.58. The highest BCUT2D eigenvalue weighted by atomic mass is 35.5. The molecule has 0 radical (unpaired) electrons. The van der Waals surface area contributed by atoms with Crippen molar-refractivity contribution in [3.05, 3.63) is 83.4 Å². The van der Waals surface area contributed by atoms with Crippen molar-refractivity contribution in [3.8, 4) is 17.2 Å². The lowest BCUT2D eigenvalue weighted by Crippen LogP contribution is -2.30. The van der Waals surface area contributed by atoms with E-state index in [-0.39, 0.29) is 5.91 Å². The molecule has 138 valence electrons. The van der Waals surface area contributed by atoms with Crippen LogP contribution in [0, 0.1) is 6.92 Å². The number of carbonyl (C=O) groups is 1. The van der Waals surface area contributed by atoms with E-state index < -0.39 is 6.10 Å². The second kappa shape index (κ2) is 8.60. The second-order valence-corrected chi connectivity index (χ2v) is 6.54. The Kier molecular flexibility index (Phi) is 5.99. The van der Waals surface area contributed by atoms with Gasteiger partial charge in [0.2, 0.25) is 0 Å². The number of aryl methyl sites for hydroxylation is 1. The van der Waals surface area contributed by atoms with Crippen LogP contribution in [0.4, 0.5) is 5.69 Å². The molecule has 0 saturated heterocycles. The molecular weight excluding hydrogens is 362 g/mol. The average Bonchev–Trinajstić information content (AvgIpc) is 2.66. The topological polar surface area (TPSA) is 47.6 Å². The third kappa shape index (κ3) is 5.25. The van der Waals surface area contributed by atoms with Crippen LogP contribution in [0.25, 0.3) is 0 Å². The number of nitrogens with one attached hydrogen (secondary N) is 1. The van der Waals surface area contributed by atoms with Gasteiger partial charge in [-0.05, 0) is 74.0 Å². The minimum atomic E-state index is -0.648. The highest BCUT2D eigenvalue weighted by Gasteiger charge is 2.16. The van der Waals surface area contributed by atoms with Gasteiger partial charge < -0.3 is 14.8 Å². The molecule has 0 bridgehead atoms. The standard InChI is InChI=1S/C22H20ClNO3/c1-15-14-17(23)8-13-21(15)26-16(2)22(25)24-18-9-11-20(12-10-18)27-19-6-4-3-5-7-19/h3-14,16H,1-2H3,(H,24,25). The lowest BCUT2D eigenvalue weighted by molar-refractivity contribution is -0.122. The highest BCUT2D eigenvalue weighted by molar-refractivity contribution is 6.30. The molecule has 3 aromatic carbocycles. The number of carbonyl (C=O) groups excluding carboxylic acids is 1. The summed E-state index contributed by atoms with van der Waals surface area (Å²) in [5.74, 6) is 1.85. The first-order valence-corrected chi connectivity index (χ1v) is 8.96. The maximum absolute atomic E-state index is 12.4. The van der Waals surface area contributed by atoms with Crippen LogP contribution >= 0.6 is 11.6 Å². The first-order chi connectivity index (χ1) is 13.0. The van der Waals surface area contributed by atoms with Gasteiger partial charge in [0.1, 0.15) is 17.2 Å². The third-order valence-corrected chi connectivity index (χ3v) is 4.15. The molecule has 3 rings (SSSR count). The Morgan fingerprint density at radius 1 is 0.963 bits per heavy atom. The second-order valence-electron chi connectivity index (χ2n) is 6.10. The van der Waals surface area contributed by atoms with Gasteiger partial charge in [0.05, 0.1) is 0 Å². The van der Waals surface area contributed by atoms with Crippen molar-refractivity contribution < 1.29 is 14.3 Å². The molecule has 5 heteroatoms. The smallest absolute Gasteiger partial charge is 0.265 e. The predicted octanol–water partition coefficient (Wildman–Crippen LogP) is 5.85. The van der Waals surface area contributed by atoms with Crippen molar-refractivity contribution in [3.63, 3.8) is 0 Å². The van der Waals surface area contributed by atoms with E-state index in [0.29, 0.717) is 22.2 Å². The molecule has 0 aliphatic heterocycles. The number of ether oxygens (including phenoxy) is 2. The molecule has 1 unspecified atom stereocenters. The Balaban J connectivity index is 1.58. The largest absolute Gasteiger partial charge is 0.481 e. The van der Waals surface area contributed by atoms with Crippen LogP contribution < -0.4 is 14.8 Å². The number of hydrogen-bond donors (Lipinski definition) is 1. The zero-order chi connectivity index (χ0) is 19.2. The molecule has 3 aromatic rings. The van der Waals surface area contributed by atoms with Gasteiger partial charge in [-0.2, -0.15) is 0 Å². The summed E-state index contributed by atoms with van der Waals surface area (Å²) in [5.41, 5.74) is 1.55. The van der Waals surface area contributed by atoms with Crippen molar-refractivity contribution in [2.75, 3.05) is 5.32 Å². The minimum absolute atomic E-state index is 0.235. The first kappa shape index (κ1) is 18.8. The molecule has 0 aliphatic rings. The molecule has 1 N–H and O–H groups in total. The summed E-state index contributed by atoms with van der Waals surface area (Å²) in [4.78, 5) is 12.4. The summed E-state index contributed by atoms with van der Waals surface area (Å²) in [5, 5.41) is 3.47. The van der Waals surface area contributed by atoms with Crippen LogP contribution in [0.5, 0.6) is 17.2 Å². The van der Waals surface area contributed by atoms with E-state index in [2.05, 4.69) is 5.32 Å². The fourth-order valence-electron chi connectivity index (χ4n) is 2.46. The Labute approximate surface area is 163 Å². The molecule has 1 amide bonds. The zero-order valence-electron chi connectivity index (χ0n) is 15.1. The fraction of sp³-hybridized carbons (Fsp3) is 0.136. The van der Waals surface area contributed by atoms with Crippen LogP contribution in [0.3, 0.4) is 0 Å². The van der Waals surface area contributed by atoms with Crippen LogP contribution in [-0.4, -0.2) is 12.0 Å². The Bertz CT molecular complexity index is 911. The molecular formula is C22H20ClNO3. The molecule has 0 aromatic heterocycles. The summed E-state index contributed by atoms with van der Waals surface area (Å²) in [6.45, 7) is 3.59. The summed E-state index contributed by atoms with van der Waals surface area (Å²) < 4.78 is 11.5. The molecule has 0 aliphatic carbocycles. The number of hydrogen-bond acceptors (Lipinski definition) is 3. The van der Waals surface area contributed by atoms with Crippen molar-refractivity contribution in [1.29, 1.82) is 0 Å². The highest BCUT2D eigenvalue weighted by Crippen LogP contribution is 2.24. The van der Waals surface area contributed by atoms with E-state index in [9.17, 15) is 4.79 Å².